The van der Waals surface area contributed by atoms with Gasteiger partial charge in [0.15, 0.2) is 0 Å². The monoisotopic (exact) mass is 270 g/mol. The zero-order valence-electron chi connectivity index (χ0n) is 12.1. The van der Waals surface area contributed by atoms with Crippen LogP contribution >= 0.6 is 0 Å². The molecule has 3 rings (SSSR count). The molecule has 0 saturated heterocycles. The third kappa shape index (κ3) is 2.87. The lowest BCUT2D eigenvalue weighted by Gasteiger charge is -2.10. The lowest BCUT2D eigenvalue weighted by atomic mass is 10.1. The Balaban J connectivity index is 1.63. The van der Waals surface area contributed by atoms with E-state index >= 15 is 0 Å². The largest absolute Gasteiger partial charge is 0.487 e. The summed E-state index contributed by atoms with van der Waals surface area (Å²) < 4.78 is 8.04. The van der Waals surface area contributed by atoms with Crippen LogP contribution in [0.15, 0.2) is 36.5 Å². The normalized spacial score (nSPS) is 15.7. The highest BCUT2D eigenvalue weighted by Crippen LogP contribution is 2.28. The summed E-state index contributed by atoms with van der Waals surface area (Å²) in [5.41, 5.74) is 2.27. The van der Waals surface area contributed by atoms with Crippen molar-refractivity contribution >= 4 is 0 Å². The van der Waals surface area contributed by atoms with E-state index in [1.54, 1.807) is 0 Å². The number of nitrogens with zero attached hydrogens (tertiary/aromatic N) is 2. The molecule has 0 unspecified atom stereocenters. The van der Waals surface area contributed by atoms with Crippen LogP contribution < -0.4 is 4.74 Å². The van der Waals surface area contributed by atoms with Crippen molar-refractivity contribution in [2.45, 2.75) is 51.7 Å². The maximum absolute atomic E-state index is 5.91. The molecule has 0 atom stereocenters. The maximum Gasteiger partial charge on any atom is 0.132 e. The Kier molecular flexibility index (Phi) is 4.05. The van der Waals surface area contributed by atoms with E-state index in [-0.39, 0.29) is 0 Å². The van der Waals surface area contributed by atoms with Gasteiger partial charge in [-0.05, 0) is 37.0 Å². The molecule has 3 nitrogen and oxygen atoms in total. The van der Waals surface area contributed by atoms with Gasteiger partial charge in [0.1, 0.15) is 12.4 Å². The van der Waals surface area contributed by atoms with Crippen LogP contribution in [0.5, 0.6) is 5.75 Å². The van der Waals surface area contributed by atoms with Gasteiger partial charge >= 0.3 is 0 Å². The first-order valence-corrected chi connectivity index (χ1v) is 7.61. The van der Waals surface area contributed by atoms with Crippen molar-refractivity contribution in [1.29, 1.82) is 0 Å². The van der Waals surface area contributed by atoms with E-state index in [2.05, 4.69) is 41.1 Å². The summed E-state index contributed by atoms with van der Waals surface area (Å²) in [5, 5.41) is 4.65. The van der Waals surface area contributed by atoms with Crippen LogP contribution in [-0.2, 0) is 13.0 Å². The molecule has 106 valence electrons. The Labute approximate surface area is 120 Å². The van der Waals surface area contributed by atoms with Gasteiger partial charge in [0, 0.05) is 6.20 Å². The molecule has 1 fully saturated rings. The number of hydrogen-bond donors (Lipinski definition) is 0. The summed E-state index contributed by atoms with van der Waals surface area (Å²) in [6.07, 6.45) is 8.29. The van der Waals surface area contributed by atoms with Gasteiger partial charge < -0.3 is 4.74 Å². The molecule has 0 aliphatic heterocycles. The van der Waals surface area contributed by atoms with Gasteiger partial charge in [-0.1, -0.05) is 38.0 Å². The van der Waals surface area contributed by atoms with Crippen molar-refractivity contribution in [2.24, 2.45) is 0 Å². The van der Waals surface area contributed by atoms with Crippen LogP contribution in [0.2, 0.25) is 0 Å². The van der Waals surface area contributed by atoms with Crippen molar-refractivity contribution in [3.63, 3.8) is 0 Å². The summed E-state index contributed by atoms with van der Waals surface area (Å²) in [4.78, 5) is 0. The number of hydrogen-bond acceptors (Lipinski definition) is 2. The van der Waals surface area contributed by atoms with Crippen molar-refractivity contribution in [2.75, 3.05) is 0 Å². The predicted molar refractivity (Wildman–Crippen MR) is 79.9 cm³/mol. The van der Waals surface area contributed by atoms with E-state index in [1.807, 2.05) is 12.1 Å². The van der Waals surface area contributed by atoms with Gasteiger partial charge in [-0.15, -0.1) is 0 Å². The summed E-state index contributed by atoms with van der Waals surface area (Å²) in [6, 6.07) is 10.9. The lowest BCUT2D eigenvalue weighted by Crippen LogP contribution is -2.06. The van der Waals surface area contributed by atoms with Crippen LogP contribution in [0.1, 0.15) is 49.9 Å². The highest BCUT2D eigenvalue weighted by Gasteiger charge is 2.17. The summed E-state index contributed by atoms with van der Waals surface area (Å²) in [6.45, 7) is 2.70. The summed E-state index contributed by atoms with van der Waals surface area (Å²) >= 11 is 0. The van der Waals surface area contributed by atoms with E-state index in [0.29, 0.717) is 12.6 Å². The van der Waals surface area contributed by atoms with E-state index < -0.39 is 0 Å². The van der Waals surface area contributed by atoms with Crippen molar-refractivity contribution < 1.29 is 4.74 Å². The van der Waals surface area contributed by atoms with Crippen LogP contribution in [-0.4, -0.2) is 9.78 Å². The molecular formula is C17H22N2O. The van der Waals surface area contributed by atoms with Gasteiger partial charge in [0.2, 0.25) is 0 Å². The Morgan fingerprint density at radius 2 is 2.00 bits per heavy atom. The van der Waals surface area contributed by atoms with Crippen molar-refractivity contribution in [3.8, 4) is 5.75 Å². The molecule has 1 saturated carbocycles. The second kappa shape index (κ2) is 6.12. The molecule has 2 aromatic rings. The van der Waals surface area contributed by atoms with Gasteiger partial charge in [-0.25, -0.2) is 0 Å². The molecule has 20 heavy (non-hydrogen) atoms. The fraction of sp³-hybridized carbons (Fsp3) is 0.471. The molecule has 3 heteroatoms. The fourth-order valence-electron chi connectivity index (χ4n) is 2.91. The van der Waals surface area contributed by atoms with Gasteiger partial charge in [-0.3, -0.25) is 4.68 Å². The van der Waals surface area contributed by atoms with Crippen molar-refractivity contribution in [3.05, 3.63) is 47.8 Å². The van der Waals surface area contributed by atoms with Crippen LogP contribution in [0.4, 0.5) is 0 Å². The molecule has 1 aliphatic rings. The number of para-hydroxylation sites is 1. The van der Waals surface area contributed by atoms with E-state index in [4.69, 9.17) is 4.74 Å². The third-order valence-electron chi connectivity index (χ3n) is 4.09. The molecule has 1 aromatic carbocycles. The van der Waals surface area contributed by atoms with Crippen LogP contribution in [0.3, 0.4) is 0 Å². The summed E-state index contributed by atoms with van der Waals surface area (Å²) in [7, 11) is 0. The number of ether oxygens (including phenoxy) is 1. The van der Waals surface area contributed by atoms with E-state index in [9.17, 15) is 0 Å². The molecule has 1 aliphatic carbocycles. The molecular weight excluding hydrogens is 248 g/mol. The van der Waals surface area contributed by atoms with E-state index in [0.717, 1.165) is 17.9 Å². The number of benzene rings is 1. The predicted octanol–water partition coefficient (Wildman–Crippen LogP) is 4.14. The highest BCUT2D eigenvalue weighted by molar-refractivity contribution is 5.33. The molecule has 0 spiro atoms. The average Bonchev–Trinajstić information content (AvgIpc) is 3.16. The average molecular weight is 270 g/mol. The minimum Gasteiger partial charge on any atom is -0.487 e. The fourth-order valence-corrected chi connectivity index (χ4v) is 2.91. The lowest BCUT2D eigenvalue weighted by molar-refractivity contribution is 0.295. The first-order valence-electron chi connectivity index (χ1n) is 7.61. The second-order valence-corrected chi connectivity index (χ2v) is 5.48. The minimum atomic E-state index is 0.552. The quantitative estimate of drug-likeness (QED) is 0.816. The number of rotatable bonds is 5. The molecule has 0 radical (unpaired) electrons. The minimum absolute atomic E-state index is 0.552. The Hall–Kier alpha value is -1.77. The zero-order valence-corrected chi connectivity index (χ0v) is 12.1. The molecule has 1 heterocycles. The topological polar surface area (TPSA) is 27.1 Å². The van der Waals surface area contributed by atoms with E-state index in [1.165, 1.54) is 31.2 Å². The first-order chi connectivity index (χ1) is 9.86. The molecule has 1 aromatic heterocycles. The SMILES string of the molecule is CCc1ccccc1OCc1ccn(C2CCCC2)n1. The van der Waals surface area contributed by atoms with Crippen LogP contribution in [0, 0.1) is 0 Å². The standard InChI is InChI=1S/C17H22N2O/c1-2-14-7-3-6-10-17(14)20-13-15-11-12-19(18-15)16-8-4-5-9-16/h3,6-7,10-12,16H,2,4-5,8-9,13H2,1H3. The van der Waals surface area contributed by atoms with Crippen LogP contribution in [0.25, 0.3) is 0 Å². The number of aryl methyl sites for hydroxylation is 1. The molecule has 0 amide bonds. The smallest absolute Gasteiger partial charge is 0.132 e. The van der Waals surface area contributed by atoms with Gasteiger partial charge in [-0.2, -0.15) is 5.10 Å². The Morgan fingerprint density at radius 1 is 1.20 bits per heavy atom. The Bertz CT molecular complexity index is 556. The maximum atomic E-state index is 5.91. The highest BCUT2D eigenvalue weighted by atomic mass is 16.5. The Morgan fingerprint density at radius 3 is 2.80 bits per heavy atom. The van der Waals surface area contributed by atoms with Crippen molar-refractivity contribution in [1.82, 2.24) is 9.78 Å². The third-order valence-corrected chi connectivity index (χ3v) is 4.09. The first kappa shape index (κ1) is 13.2. The van der Waals surface area contributed by atoms with Gasteiger partial charge in [0.25, 0.3) is 0 Å². The van der Waals surface area contributed by atoms with Gasteiger partial charge in [0.05, 0.1) is 11.7 Å². The molecule has 0 bridgehead atoms. The zero-order chi connectivity index (χ0) is 13.8. The second-order valence-electron chi connectivity index (χ2n) is 5.48. The molecule has 0 N–H and O–H groups in total. The summed E-state index contributed by atoms with van der Waals surface area (Å²) in [5.74, 6) is 0.977. The number of aromatic nitrogens is 2.